The van der Waals surface area contributed by atoms with Crippen molar-refractivity contribution in [1.82, 2.24) is 15.5 Å². The number of amides is 1. The van der Waals surface area contributed by atoms with Crippen LogP contribution in [0.2, 0.25) is 0 Å². The quantitative estimate of drug-likeness (QED) is 0.280. The van der Waals surface area contributed by atoms with E-state index < -0.39 is 0 Å². The van der Waals surface area contributed by atoms with Gasteiger partial charge in [-0.3, -0.25) is 14.7 Å². The fourth-order valence-electron chi connectivity index (χ4n) is 3.22. The molecular formula is C20H33BrIN5O. The molecule has 0 aromatic heterocycles. The molecule has 1 aromatic carbocycles. The van der Waals surface area contributed by atoms with Crippen molar-refractivity contribution >= 4 is 57.5 Å². The highest BCUT2D eigenvalue weighted by atomic mass is 127. The molecule has 6 nitrogen and oxygen atoms in total. The molecule has 1 saturated heterocycles. The zero-order chi connectivity index (χ0) is 20.0. The van der Waals surface area contributed by atoms with Gasteiger partial charge in [0.25, 0.3) is 0 Å². The predicted octanol–water partition coefficient (Wildman–Crippen LogP) is 3.60. The Morgan fingerprint density at radius 2 is 2.07 bits per heavy atom. The van der Waals surface area contributed by atoms with Gasteiger partial charge in [-0.25, -0.2) is 0 Å². The molecule has 0 bridgehead atoms. The second-order valence-corrected chi connectivity index (χ2v) is 8.45. The maximum absolute atomic E-state index is 12.2. The van der Waals surface area contributed by atoms with E-state index in [4.69, 9.17) is 0 Å². The molecule has 0 radical (unpaired) electrons. The van der Waals surface area contributed by atoms with E-state index in [2.05, 4.69) is 62.5 Å². The molecule has 0 aliphatic carbocycles. The van der Waals surface area contributed by atoms with Gasteiger partial charge in [-0.15, -0.1) is 24.0 Å². The summed E-state index contributed by atoms with van der Waals surface area (Å²) in [5.41, 5.74) is 1.88. The van der Waals surface area contributed by atoms with Gasteiger partial charge in [0.05, 0.1) is 0 Å². The van der Waals surface area contributed by atoms with Crippen molar-refractivity contribution in [3.63, 3.8) is 0 Å². The number of aryl methyl sites for hydroxylation is 1. The number of aliphatic imine (C=N–C) groups is 1. The number of hydrogen-bond acceptors (Lipinski definition) is 3. The zero-order valence-corrected chi connectivity index (χ0v) is 21.3. The fourth-order valence-corrected chi connectivity index (χ4v) is 3.58. The topological polar surface area (TPSA) is 68.8 Å². The first-order valence-electron chi connectivity index (χ1n) is 9.57. The Labute approximate surface area is 194 Å². The number of carbonyl (C=O) groups is 1. The maximum Gasteiger partial charge on any atom is 0.226 e. The molecule has 1 amide bonds. The highest BCUT2D eigenvalue weighted by molar-refractivity contribution is 14.0. The normalized spacial score (nSPS) is 20.0. The van der Waals surface area contributed by atoms with Gasteiger partial charge in [0.1, 0.15) is 0 Å². The van der Waals surface area contributed by atoms with Crippen LogP contribution in [0.15, 0.2) is 27.7 Å². The average molecular weight is 566 g/mol. The van der Waals surface area contributed by atoms with Crippen molar-refractivity contribution in [2.45, 2.75) is 46.2 Å². The summed E-state index contributed by atoms with van der Waals surface area (Å²) < 4.78 is 0.951. The number of likely N-dealkylation sites (tertiary alicyclic amines) is 1. The summed E-state index contributed by atoms with van der Waals surface area (Å²) in [6.45, 7) is 11.4. The van der Waals surface area contributed by atoms with Crippen molar-refractivity contribution in [1.29, 1.82) is 0 Å². The number of hydrogen-bond donors (Lipinski definition) is 3. The lowest BCUT2D eigenvalue weighted by Crippen LogP contribution is -2.47. The smallest absolute Gasteiger partial charge is 0.226 e. The van der Waals surface area contributed by atoms with E-state index in [9.17, 15) is 4.79 Å². The minimum absolute atomic E-state index is 0. The fraction of sp³-hybridized carbons (Fsp3) is 0.600. The first-order valence-corrected chi connectivity index (χ1v) is 10.4. The van der Waals surface area contributed by atoms with Crippen LogP contribution in [0.25, 0.3) is 0 Å². The van der Waals surface area contributed by atoms with Crippen LogP contribution in [0.5, 0.6) is 0 Å². The number of nitrogens with one attached hydrogen (secondary N) is 3. The molecule has 1 heterocycles. The number of nitrogens with zero attached hydrogens (tertiary/aromatic N) is 2. The predicted molar refractivity (Wildman–Crippen MR) is 132 cm³/mol. The highest BCUT2D eigenvalue weighted by Crippen LogP contribution is 2.21. The van der Waals surface area contributed by atoms with E-state index >= 15 is 0 Å². The molecule has 0 saturated carbocycles. The van der Waals surface area contributed by atoms with Crippen LogP contribution in [0.4, 0.5) is 5.69 Å². The summed E-state index contributed by atoms with van der Waals surface area (Å²) in [6, 6.07) is 6.79. The van der Waals surface area contributed by atoms with Crippen molar-refractivity contribution < 1.29 is 4.79 Å². The third kappa shape index (κ3) is 7.51. The lowest BCUT2D eigenvalue weighted by Gasteiger charge is -2.22. The summed E-state index contributed by atoms with van der Waals surface area (Å²) in [6.07, 6.45) is 0.380. The third-order valence-corrected chi connectivity index (χ3v) is 5.53. The van der Waals surface area contributed by atoms with Gasteiger partial charge >= 0.3 is 0 Å². The van der Waals surface area contributed by atoms with Crippen LogP contribution in [-0.4, -0.2) is 55.5 Å². The van der Waals surface area contributed by atoms with Gasteiger partial charge in [-0.2, -0.15) is 0 Å². The molecule has 1 fully saturated rings. The molecule has 158 valence electrons. The van der Waals surface area contributed by atoms with E-state index in [0.29, 0.717) is 31.0 Å². The Hall–Kier alpha value is -0.870. The summed E-state index contributed by atoms with van der Waals surface area (Å²) in [4.78, 5) is 19.0. The zero-order valence-electron chi connectivity index (χ0n) is 17.4. The second-order valence-electron chi connectivity index (χ2n) is 7.53. The van der Waals surface area contributed by atoms with E-state index in [0.717, 1.165) is 34.8 Å². The Morgan fingerprint density at radius 3 is 2.68 bits per heavy atom. The van der Waals surface area contributed by atoms with Gasteiger partial charge < -0.3 is 16.0 Å². The van der Waals surface area contributed by atoms with E-state index in [-0.39, 0.29) is 29.9 Å². The second kappa shape index (κ2) is 12.0. The molecule has 2 rings (SSSR count). The molecule has 1 aliphatic rings. The van der Waals surface area contributed by atoms with Crippen LogP contribution < -0.4 is 16.0 Å². The highest BCUT2D eigenvalue weighted by Gasteiger charge is 2.31. The number of benzene rings is 1. The molecule has 2 atom stereocenters. The molecular weight excluding hydrogens is 533 g/mol. The van der Waals surface area contributed by atoms with Crippen molar-refractivity contribution in [2.24, 2.45) is 10.9 Å². The third-order valence-electron chi connectivity index (χ3n) is 5.03. The lowest BCUT2D eigenvalue weighted by atomic mass is 10.1. The summed E-state index contributed by atoms with van der Waals surface area (Å²) in [5, 5.41) is 9.72. The summed E-state index contributed by atoms with van der Waals surface area (Å²) in [5.74, 6) is 1.30. The lowest BCUT2D eigenvalue weighted by molar-refractivity contribution is -0.116. The molecule has 1 aromatic rings. The van der Waals surface area contributed by atoms with Gasteiger partial charge in [0.15, 0.2) is 5.96 Å². The van der Waals surface area contributed by atoms with Crippen molar-refractivity contribution in [3.8, 4) is 0 Å². The molecule has 28 heavy (non-hydrogen) atoms. The van der Waals surface area contributed by atoms with Crippen LogP contribution in [0, 0.1) is 12.8 Å². The molecule has 0 spiro atoms. The first kappa shape index (κ1) is 25.2. The standard InChI is InChI=1S/C20H32BrN5O.HI/c1-13(2)26-11-15(4)18(12-26)25-20(22-5)23-9-8-19(27)24-17-10-16(21)7-6-14(17)3;/h6-7,10,13,15,18H,8-9,11-12H2,1-5H3,(H,24,27)(H2,22,23,25);1H. The van der Waals surface area contributed by atoms with Gasteiger partial charge in [0, 0.05) is 55.3 Å². The first-order chi connectivity index (χ1) is 12.8. The Kier molecular flexibility index (Phi) is 10.8. The minimum atomic E-state index is -0.0145. The largest absolute Gasteiger partial charge is 0.356 e. The van der Waals surface area contributed by atoms with Gasteiger partial charge in [-0.1, -0.05) is 28.9 Å². The average Bonchev–Trinajstić information content (AvgIpc) is 2.98. The molecule has 2 unspecified atom stereocenters. The summed E-state index contributed by atoms with van der Waals surface area (Å²) >= 11 is 3.44. The number of carbonyl (C=O) groups excluding carboxylic acids is 1. The number of anilines is 1. The number of halogens is 2. The number of guanidine groups is 1. The SMILES string of the molecule is CN=C(NCCC(=O)Nc1cc(Br)ccc1C)NC1CN(C(C)C)CC1C.I. The maximum atomic E-state index is 12.2. The molecule has 1 aliphatic heterocycles. The van der Waals surface area contributed by atoms with Crippen molar-refractivity contribution in [2.75, 3.05) is 32.0 Å². The van der Waals surface area contributed by atoms with Crippen LogP contribution >= 0.6 is 39.9 Å². The van der Waals surface area contributed by atoms with E-state index in [1.54, 1.807) is 7.05 Å². The minimum Gasteiger partial charge on any atom is -0.356 e. The van der Waals surface area contributed by atoms with Crippen LogP contribution in [0.3, 0.4) is 0 Å². The Balaban J connectivity index is 0.00000392. The van der Waals surface area contributed by atoms with Gasteiger partial charge in [0.2, 0.25) is 5.91 Å². The molecule has 8 heteroatoms. The Bertz CT molecular complexity index is 683. The van der Waals surface area contributed by atoms with Crippen LogP contribution in [-0.2, 0) is 4.79 Å². The van der Waals surface area contributed by atoms with E-state index in [1.807, 2.05) is 25.1 Å². The Morgan fingerprint density at radius 1 is 1.36 bits per heavy atom. The monoisotopic (exact) mass is 565 g/mol. The molecule has 3 N–H and O–H groups in total. The van der Waals surface area contributed by atoms with Crippen molar-refractivity contribution in [3.05, 3.63) is 28.2 Å². The summed E-state index contributed by atoms with van der Waals surface area (Å²) in [7, 11) is 1.76. The van der Waals surface area contributed by atoms with Crippen LogP contribution in [0.1, 0.15) is 32.8 Å². The van der Waals surface area contributed by atoms with Gasteiger partial charge in [-0.05, 0) is 44.4 Å². The number of rotatable bonds is 6. The van der Waals surface area contributed by atoms with E-state index in [1.165, 1.54) is 0 Å².